The highest BCUT2D eigenvalue weighted by atomic mass is 79.9. The largest absolute Gasteiger partial charge is 1.00 e. The first-order valence-electron chi connectivity index (χ1n) is 11.2. The molecule has 0 amide bonds. The second kappa shape index (κ2) is 10.7. The Bertz CT molecular complexity index is 1120. The first-order chi connectivity index (χ1) is 16.1. The van der Waals surface area contributed by atoms with Gasteiger partial charge >= 0.3 is 0 Å². The minimum atomic E-state index is -2.04. The predicted octanol–water partition coefficient (Wildman–Crippen LogP) is 3.06. The van der Waals surface area contributed by atoms with E-state index < -0.39 is 13.0 Å². The van der Waals surface area contributed by atoms with Gasteiger partial charge in [0, 0.05) is 10.6 Å². The van der Waals surface area contributed by atoms with Crippen LogP contribution in [0.5, 0.6) is 0 Å². The van der Waals surface area contributed by atoms with E-state index in [0.717, 1.165) is 11.7 Å². The molecule has 1 aliphatic heterocycles. The van der Waals surface area contributed by atoms with Crippen molar-refractivity contribution in [3.63, 3.8) is 0 Å². The maximum atomic E-state index is 6.48. The number of benzene rings is 4. The van der Waals surface area contributed by atoms with Crippen molar-refractivity contribution in [1.29, 1.82) is 0 Å². The third-order valence-corrected chi connectivity index (χ3v) is 11.0. The number of halogens is 2. The average Bonchev–Trinajstić information content (AvgIpc) is 3.32. The SMILES string of the molecule is CC1(c2cc(Cl)ccc2C[P+](c2ccccc2)(c2ccccc2)c2ccccc2)OCCO1.[Br-]. The molecular weight excluding hydrogens is 527 g/mol. The van der Waals surface area contributed by atoms with Gasteiger partial charge in [0.1, 0.15) is 23.2 Å². The third kappa shape index (κ3) is 4.73. The molecule has 0 bridgehead atoms. The smallest absolute Gasteiger partial charge is 0.192 e. The maximum absolute atomic E-state index is 6.48. The fourth-order valence-corrected chi connectivity index (χ4v) is 9.25. The van der Waals surface area contributed by atoms with Crippen molar-refractivity contribution in [1.82, 2.24) is 0 Å². The highest BCUT2D eigenvalue weighted by molar-refractivity contribution is 7.95. The lowest BCUT2D eigenvalue weighted by Gasteiger charge is -2.31. The van der Waals surface area contributed by atoms with E-state index in [4.69, 9.17) is 21.1 Å². The number of ether oxygens (including phenoxy) is 2. The fourth-order valence-electron chi connectivity index (χ4n) is 4.80. The van der Waals surface area contributed by atoms with Crippen LogP contribution in [0, 0.1) is 0 Å². The standard InChI is InChI=1S/C29H27ClO2P.BrH/c1-29(31-19-20-32-29)28-21-24(30)18-17-23(28)22-33(25-11-5-2-6-12-25,26-13-7-3-8-14-26)27-15-9-4-10-16-27;/h2-18,21H,19-20,22H2,1H3;1H/q+1;/p-1. The maximum Gasteiger partial charge on any atom is 0.192 e. The zero-order chi connectivity index (χ0) is 22.7. The van der Waals surface area contributed by atoms with E-state index in [1.165, 1.54) is 21.5 Å². The Balaban J connectivity index is 0.00000274. The quantitative estimate of drug-likeness (QED) is 0.342. The Kier molecular flexibility index (Phi) is 7.92. The van der Waals surface area contributed by atoms with Gasteiger partial charge in [-0.3, -0.25) is 0 Å². The molecule has 1 heterocycles. The fraction of sp³-hybridized carbons (Fsp3) is 0.172. The first kappa shape index (κ1) is 25.1. The van der Waals surface area contributed by atoms with Crippen LogP contribution in [-0.2, 0) is 21.4 Å². The first-order valence-corrected chi connectivity index (χ1v) is 13.6. The van der Waals surface area contributed by atoms with Gasteiger partial charge in [-0.05, 0) is 61.0 Å². The summed E-state index contributed by atoms with van der Waals surface area (Å²) < 4.78 is 12.2. The lowest BCUT2D eigenvalue weighted by atomic mass is 10.0. The molecule has 0 aromatic heterocycles. The molecule has 0 atom stereocenters. The van der Waals surface area contributed by atoms with Gasteiger partial charge < -0.3 is 26.5 Å². The molecule has 1 saturated heterocycles. The van der Waals surface area contributed by atoms with E-state index in [0.29, 0.717) is 18.2 Å². The Hall–Kier alpha value is -2.00. The minimum absolute atomic E-state index is 0. The molecule has 5 rings (SSSR count). The van der Waals surface area contributed by atoms with Crippen molar-refractivity contribution >= 4 is 34.8 Å². The Morgan fingerprint density at radius 1 is 0.706 bits per heavy atom. The lowest BCUT2D eigenvalue weighted by molar-refractivity contribution is -0.150. The molecule has 1 aliphatic rings. The molecule has 0 N–H and O–H groups in total. The molecule has 4 aromatic carbocycles. The van der Waals surface area contributed by atoms with Crippen molar-refractivity contribution in [3.05, 3.63) is 125 Å². The Labute approximate surface area is 218 Å². The van der Waals surface area contributed by atoms with E-state index in [-0.39, 0.29) is 17.0 Å². The summed E-state index contributed by atoms with van der Waals surface area (Å²) in [5.41, 5.74) is 2.22. The van der Waals surface area contributed by atoms with Crippen molar-refractivity contribution in [2.75, 3.05) is 13.2 Å². The molecule has 0 unspecified atom stereocenters. The number of rotatable bonds is 6. The summed E-state index contributed by atoms with van der Waals surface area (Å²) in [6.07, 6.45) is 0.847. The normalized spacial score (nSPS) is 15.0. The van der Waals surface area contributed by atoms with Crippen LogP contribution >= 0.6 is 18.9 Å². The molecule has 4 aromatic rings. The molecule has 174 valence electrons. The van der Waals surface area contributed by atoms with Crippen molar-refractivity contribution < 1.29 is 26.5 Å². The number of hydrogen-bond donors (Lipinski definition) is 0. The van der Waals surface area contributed by atoms with Crippen molar-refractivity contribution in [2.24, 2.45) is 0 Å². The van der Waals surface area contributed by atoms with Crippen molar-refractivity contribution in [3.8, 4) is 0 Å². The van der Waals surface area contributed by atoms with Crippen LogP contribution in [0.2, 0.25) is 5.02 Å². The molecule has 34 heavy (non-hydrogen) atoms. The van der Waals surface area contributed by atoms with Gasteiger partial charge in [0.2, 0.25) is 0 Å². The number of hydrogen-bond acceptors (Lipinski definition) is 2. The van der Waals surface area contributed by atoms with Gasteiger partial charge in [-0.1, -0.05) is 72.3 Å². The summed E-state index contributed by atoms with van der Waals surface area (Å²) in [5, 5.41) is 4.74. The molecule has 2 nitrogen and oxygen atoms in total. The Morgan fingerprint density at radius 3 is 1.59 bits per heavy atom. The highest BCUT2D eigenvalue weighted by Crippen LogP contribution is 2.59. The zero-order valence-corrected chi connectivity index (χ0v) is 22.3. The predicted molar refractivity (Wildman–Crippen MR) is 140 cm³/mol. The molecule has 0 saturated carbocycles. The molecular formula is C29H27BrClO2P. The van der Waals surface area contributed by atoms with Crippen molar-refractivity contribution in [2.45, 2.75) is 18.9 Å². The van der Waals surface area contributed by atoms with Crippen LogP contribution in [0.25, 0.3) is 0 Å². The van der Waals surface area contributed by atoms with E-state index in [9.17, 15) is 0 Å². The molecule has 0 spiro atoms. The van der Waals surface area contributed by atoms with E-state index in [1.807, 2.05) is 19.1 Å². The van der Waals surface area contributed by atoms with Gasteiger partial charge in [-0.15, -0.1) is 0 Å². The van der Waals surface area contributed by atoms with Crippen LogP contribution in [-0.4, -0.2) is 13.2 Å². The zero-order valence-electron chi connectivity index (χ0n) is 19.0. The van der Waals surface area contributed by atoms with Gasteiger partial charge in [0.25, 0.3) is 0 Å². The van der Waals surface area contributed by atoms with E-state index in [1.54, 1.807) is 0 Å². The second-order valence-electron chi connectivity index (χ2n) is 8.42. The average molecular weight is 554 g/mol. The van der Waals surface area contributed by atoms with Gasteiger partial charge in [-0.2, -0.15) is 0 Å². The second-order valence-corrected chi connectivity index (χ2v) is 12.3. The summed E-state index contributed by atoms with van der Waals surface area (Å²) in [6.45, 7) is 3.17. The van der Waals surface area contributed by atoms with Crippen LogP contribution in [0.15, 0.2) is 109 Å². The lowest BCUT2D eigenvalue weighted by Crippen LogP contribution is -3.00. The van der Waals surface area contributed by atoms with Crippen LogP contribution in [0.4, 0.5) is 0 Å². The summed E-state index contributed by atoms with van der Waals surface area (Å²) in [6, 6.07) is 38.9. The summed E-state index contributed by atoms with van der Waals surface area (Å²) >= 11 is 6.48. The highest BCUT2D eigenvalue weighted by Gasteiger charge is 2.47. The van der Waals surface area contributed by atoms with Gasteiger partial charge in [-0.25, -0.2) is 0 Å². The topological polar surface area (TPSA) is 18.5 Å². The van der Waals surface area contributed by atoms with E-state index >= 15 is 0 Å². The minimum Gasteiger partial charge on any atom is -1.00 e. The molecule has 0 aliphatic carbocycles. The summed E-state index contributed by atoms with van der Waals surface area (Å²) in [7, 11) is -2.04. The van der Waals surface area contributed by atoms with Gasteiger partial charge in [0.05, 0.1) is 19.4 Å². The van der Waals surface area contributed by atoms with Crippen LogP contribution in [0.3, 0.4) is 0 Å². The molecule has 1 fully saturated rings. The Morgan fingerprint density at radius 2 is 1.15 bits per heavy atom. The van der Waals surface area contributed by atoms with Crippen LogP contribution < -0.4 is 32.9 Å². The third-order valence-electron chi connectivity index (χ3n) is 6.40. The monoisotopic (exact) mass is 552 g/mol. The molecule has 0 radical (unpaired) electrons. The van der Waals surface area contributed by atoms with Gasteiger partial charge in [0.15, 0.2) is 5.79 Å². The van der Waals surface area contributed by atoms with Crippen LogP contribution in [0.1, 0.15) is 18.1 Å². The summed E-state index contributed by atoms with van der Waals surface area (Å²) in [4.78, 5) is 0. The van der Waals surface area contributed by atoms with E-state index in [2.05, 4.69) is 97.1 Å². The molecule has 5 heteroatoms. The summed E-state index contributed by atoms with van der Waals surface area (Å²) in [5.74, 6) is -0.792.